The molecule has 0 amide bonds. The molecule has 1 atom stereocenters. The van der Waals surface area contributed by atoms with E-state index in [0.29, 0.717) is 0 Å². The molecule has 0 bridgehead atoms. The van der Waals surface area contributed by atoms with Crippen LogP contribution in [-0.2, 0) is 19.1 Å². The van der Waals surface area contributed by atoms with Gasteiger partial charge in [0.15, 0.2) is 6.10 Å². The molecule has 0 rings (SSSR count). The largest absolute Gasteiger partial charge is 0.469 e. The highest BCUT2D eigenvalue weighted by Crippen LogP contribution is 1.97. The van der Waals surface area contributed by atoms with Crippen molar-refractivity contribution >= 4 is 11.9 Å². The van der Waals surface area contributed by atoms with Crippen LogP contribution in [0, 0.1) is 12.3 Å². The van der Waals surface area contributed by atoms with Crippen LogP contribution in [0.15, 0.2) is 0 Å². The molecule has 0 aromatic rings. The third kappa shape index (κ3) is 5.74. The number of carbonyl (C=O) groups excluding carboxylic acids is 2. The maximum absolute atomic E-state index is 10.9. The van der Waals surface area contributed by atoms with E-state index in [4.69, 9.17) is 11.2 Å². The fourth-order valence-corrected chi connectivity index (χ4v) is 0.596. The van der Waals surface area contributed by atoms with E-state index in [0.717, 1.165) is 0 Å². The Morgan fingerprint density at radius 1 is 1.38 bits per heavy atom. The standard InChI is InChI=1S/C9H12O4/c1-4-7(2)13-9(11)6-5-8(10)12-3/h1,7H,5-6H2,2-3H3. The second-order valence-corrected chi connectivity index (χ2v) is 2.37. The number of terminal acetylenes is 1. The van der Waals surface area contributed by atoms with Gasteiger partial charge >= 0.3 is 11.9 Å². The molecule has 0 aliphatic rings. The zero-order valence-electron chi connectivity index (χ0n) is 7.70. The van der Waals surface area contributed by atoms with E-state index in [-0.39, 0.29) is 12.8 Å². The molecule has 0 N–H and O–H groups in total. The molecule has 0 saturated heterocycles. The van der Waals surface area contributed by atoms with Crippen molar-refractivity contribution in [3.05, 3.63) is 0 Å². The molecule has 0 aromatic heterocycles. The van der Waals surface area contributed by atoms with Crippen molar-refractivity contribution in [1.82, 2.24) is 0 Å². The number of esters is 2. The van der Waals surface area contributed by atoms with Crippen molar-refractivity contribution in [2.75, 3.05) is 7.11 Å². The van der Waals surface area contributed by atoms with Crippen LogP contribution in [-0.4, -0.2) is 25.2 Å². The maximum atomic E-state index is 10.9. The van der Waals surface area contributed by atoms with E-state index >= 15 is 0 Å². The summed E-state index contributed by atoms with van der Waals surface area (Å²) in [6.07, 6.45) is 4.45. The van der Waals surface area contributed by atoms with Gasteiger partial charge in [0, 0.05) is 0 Å². The fourth-order valence-electron chi connectivity index (χ4n) is 0.596. The summed E-state index contributed by atoms with van der Waals surface area (Å²) in [7, 11) is 1.26. The van der Waals surface area contributed by atoms with Gasteiger partial charge in [-0.3, -0.25) is 9.59 Å². The Balaban J connectivity index is 3.65. The highest BCUT2D eigenvalue weighted by Gasteiger charge is 2.09. The van der Waals surface area contributed by atoms with Gasteiger partial charge in [0.25, 0.3) is 0 Å². The van der Waals surface area contributed by atoms with E-state index in [1.165, 1.54) is 7.11 Å². The van der Waals surface area contributed by atoms with Gasteiger partial charge in [0.2, 0.25) is 0 Å². The number of ether oxygens (including phenoxy) is 2. The minimum atomic E-state index is -0.551. The number of hydrogen-bond donors (Lipinski definition) is 0. The van der Waals surface area contributed by atoms with Crippen LogP contribution in [0.4, 0.5) is 0 Å². The molecule has 72 valence electrons. The normalized spacial score (nSPS) is 11.2. The summed E-state index contributed by atoms with van der Waals surface area (Å²) in [5, 5.41) is 0. The van der Waals surface area contributed by atoms with Crippen molar-refractivity contribution in [2.24, 2.45) is 0 Å². The summed E-state index contributed by atoms with van der Waals surface area (Å²) in [6.45, 7) is 1.58. The van der Waals surface area contributed by atoms with Crippen molar-refractivity contribution in [3.63, 3.8) is 0 Å². The van der Waals surface area contributed by atoms with Crippen LogP contribution in [0.5, 0.6) is 0 Å². The predicted octanol–water partition coefficient (Wildman–Crippen LogP) is 0.504. The van der Waals surface area contributed by atoms with Crippen LogP contribution < -0.4 is 0 Å². The Hall–Kier alpha value is -1.50. The van der Waals surface area contributed by atoms with Crippen LogP contribution in [0.25, 0.3) is 0 Å². The molecular weight excluding hydrogens is 172 g/mol. The molecule has 4 heteroatoms. The molecule has 0 fully saturated rings. The summed E-state index contributed by atoms with van der Waals surface area (Å²) in [5.41, 5.74) is 0. The first-order valence-electron chi connectivity index (χ1n) is 3.82. The smallest absolute Gasteiger partial charge is 0.307 e. The van der Waals surface area contributed by atoms with Gasteiger partial charge in [-0.25, -0.2) is 0 Å². The van der Waals surface area contributed by atoms with Gasteiger partial charge < -0.3 is 9.47 Å². The molecule has 4 nitrogen and oxygen atoms in total. The number of rotatable bonds is 4. The maximum Gasteiger partial charge on any atom is 0.307 e. The van der Waals surface area contributed by atoms with Crippen molar-refractivity contribution in [2.45, 2.75) is 25.9 Å². The average Bonchev–Trinajstić information content (AvgIpc) is 2.13. The van der Waals surface area contributed by atoms with Crippen molar-refractivity contribution in [3.8, 4) is 12.3 Å². The van der Waals surface area contributed by atoms with Gasteiger partial charge in [0.05, 0.1) is 20.0 Å². The van der Waals surface area contributed by atoms with E-state index in [1.807, 2.05) is 0 Å². The van der Waals surface area contributed by atoms with E-state index in [2.05, 4.69) is 10.7 Å². The van der Waals surface area contributed by atoms with Crippen molar-refractivity contribution < 1.29 is 19.1 Å². The molecule has 0 saturated carbocycles. The predicted molar refractivity (Wildman–Crippen MR) is 45.6 cm³/mol. The molecule has 0 aliphatic heterocycles. The summed E-state index contributed by atoms with van der Waals surface area (Å²) < 4.78 is 9.06. The van der Waals surface area contributed by atoms with Crippen LogP contribution in [0.3, 0.4) is 0 Å². The third-order valence-electron chi connectivity index (χ3n) is 1.30. The van der Waals surface area contributed by atoms with Gasteiger partial charge in [-0.1, -0.05) is 5.92 Å². The highest BCUT2D eigenvalue weighted by atomic mass is 16.5. The molecule has 1 unspecified atom stereocenters. The first-order valence-corrected chi connectivity index (χ1v) is 3.82. The minimum Gasteiger partial charge on any atom is -0.469 e. The third-order valence-corrected chi connectivity index (χ3v) is 1.30. The molecule has 0 aromatic carbocycles. The van der Waals surface area contributed by atoms with Gasteiger partial charge in [-0.15, -0.1) is 6.42 Å². The summed E-state index contributed by atoms with van der Waals surface area (Å²) in [4.78, 5) is 21.5. The van der Waals surface area contributed by atoms with Gasteiger partial charge in [0.1, 0.15) is 0 Å². The molecule has 0 spiro atoms. The average molecular weight is 184 g/mol. The quantitative estimate of drug-likeness (QED) is 0.471. The second-order valence-electron chi connectivity index (χ2n) is 2.37. The van der Waals surface area contributed by atoms with E-state index in [9.17, 15) is 9.59 Å². The van der Waals surface area contributed by atoms with E-state index in [1.54, 1.807) is 6.92 Å². The van der Waals surface area contributed by atoms with Gasteiger partial charge in [-0.05, 0) is 6.92 Å². The zero-order valence-corrected chi connectivity index (χ0v) is 7.70. The lowest BCUT2D eigenvalue weighted by Crippen LogP contribution is -2.14. The fraction of sp³-hybridized carbons (Fsp3) is 0.556. The monoisotopic (exact) mass is 184 g/mol. The van der Waals surface area contributed by atoms with E-state index < -0.39 is 18.0 Å². The molecule has 0 aliphatic carbocycles. The number of methoxy groups -OCH3 is 1. The van der Waals surface area contributed by atoms with Crippen molar-refractivity contribution in [1.29, 1.82) is 0 Å². The summed E-state index contributed by atoms with van der Waals surface area (Å²) in [6, 6.07) is 0. The lowest BCUT2D eigenvalue weighted by atomic mass is 10.3. The first-order chi connectivity index (χ1) is 6.10. The molecular formula is C9H12O4. The highest BCUT2D eigenvalue weighted by molar-refractivity contribution is 5.77. The molecule has 0 heterocycles. The SMILES string of the molecule is C#CC(C)OC(=O)CCC(=O)OC. The Bertz CT molecular complexity index is 226. The van der Waals surface area contributed by atoms with Gasteiger partial charge in [-0.2, -0.15) is 0 Å². The van der Waals surface area contributed by atoms with Crippen LogP contribution in [0.2, 0.25) is 0 Å². The Morgan fingerprint density at radius 3 is 2.38 bits per heavy atom. The first kappa shape index (κ1) is 11.5. The molecule has 13 heavy (non-hydrogen) atoms. The Labute approximate surface area is 77.2 Å². The summed E-state index contributed by atoms with van der Waals surface area (Å²) in [5.74, 6) is 1.31. The molecule has 0 radical (unpaired) electrons. The lowest BCUT2D eigenvalue weighted by Gasteiger charge is -2.05. The Morgan fingerprint density at radius 2 is 1.92 bits per heavy atom. The lowest BCUT2D eigenvalue weighted by molar-refractivity contribution is -0.150. The summed E-state index contributed by atoms with van der Waals surface area (Å²) >= 11 is 0. The number of carbonyl (C=O) groups is 2. The zero-order chi connectivity index (χ0) is 10.3. The number of hydrogen-bond acceptors (Lipinski definition) is 4. The topological polar surface area (TPSA) is 52.6 Å². The Kier molecular flexibility index (Phi) is 5.37. The van der Waals surface area contributed by atoms with Crippen LogP contribution in [0.1, 0.15) is 19.8 Å². The van der Waals surface area contributed by atoms with Crippen LogP contribution >= 0.6 is 0 Å². The minimum absolute atomic E-state index is 0.00130. The second kappa shape index (κ2) is 6.06.